The van der Waals surface area contributed by atoms with Gasteiger partial charge in [-0.3, -0.25) is 0 Å². The lowest BCUT2D eigenvalue weighted by molar-refractivity contribution is 0.809. The van der Waals surface area contributed by atoms with Crippen molar-refractivity contribution in [3.8, 4) is 0 Å². The van der Waals surface area contributed by atoms with Crippen LogP contribution in [-0.2, 0) is 0 Å². The highest BCUT2D eigenvalue weighted by molar-refractivity contribution is 5.55. The van der Waals surface area contributed by atoms with Gasteiger partial charge in [-0.1, -0.05) is 24.3 Å². The first-order chi connectivity index (χ1) is 7.24. The molecule has 1 aromatic carbocycles. The van der Waals surface area contributed by atoms with Crippen molar-refractivity contribution in [3.05, 3.63) is 35.9 Å². The number of benzene rings is 1. The maximum absolute atomic E-state index is 3.12. The van der Waals surface area contributed by atoms with Crippen LogP contribution in [0.15, 0.2) is 30.3 Å². The molecule has 0 aromatic heterocycles. The van der Waals surface area contributed by atoms with E-state index < -0.39 is 0 Å². The zero-order chi connectivity index (χ0) is 11.1. The Morgan fingerprint density at radius 3 is 2.40 bits per heavy atom. The van der Waals surface area contributed by atoms with Crippen molar-refractivity contribution < 1.29 is 0 Å². The van der Waals surface area contributed by atoms with Crippen LogP contribution in [0.5, 0.6) is 0 Å². The molecule has 0 spiro atoms. The number of rotatable bonds is 5. The molecule has 1 N–H and O–H groups in total. The van der Waals surface area contributed by atoms with Gasteiger partial charge in [0.15, 0.2) is 0 Å². The number of nitrogens with zero attached hydrogens (tertiary/aromatic N) is 1. The molecule has 0 unspecified atom stereocenters. The molecular weight excluding hydrogens is 184 g/mol. The van der Waals surface area contributed by atoms with Gasteiger partial charge in [0.05, 0.1) is 0 Å². The molecule has 1 aromatic rings. The Balaban J connectivity index is 2.53. The fourth-order valence-corrected chi connectivity index (χ4v) is 1.33. The summed E-state index contributed by atoms with van der Waals surface area (Å²) in [5.41, 5.74) is 2.50. The van der Waals surface area contributed by atoms with Crippen LogP contribution in [0.2, 0.25) is 0 Å². The van der Waals surface area contributed by atoms with E-state index in [4.69, 9.17) is 0 Å². The van der Waals surface area contributed by atoms with E-state index in [2.05, 4.69) is 60.7 Å². The van der Waals surface area contributed by atoms with Crippen molar-refractivity contribution in [1.82, 2.24) is 5.32 Å². The average molecular weight is 204 g/mol. The molecule has 0 saturated carbocycles. The third-order valence-electron chi connectivity index (χ3n) is 2.28. The highest BCUT2D eigenvalue weighted by atomic mass is 15.1. The smallest absolute Gasteiger partial charge is 0.0361 e. The highest BCUT2D eigenvalue weighted by Gasteiger charge is 1.92. The van der Waals surface area contributed by atoms with Gasteiger partial charge in [-0.15, -0.1) is 0 Å². The van der Waals surface area contributed by atoms with Gasteiger partial charge in [-0.2, -0.15) is 0 Å². The van der Waals surface area contributed by atoms with Crippen molar-refractivity contribution in [2.45, 2.75) is 6.42 Å². The molecule has 0 aliphatic carbocycles. The Morgan fingerprint density at radius 1 is 1.20 bits per heavy atom. The second kappa shape index (κ2) is 6.25. The van der Waals surface area contributed by atoms with Crippen LogP contribution in [0.4, 0.5) is 5.69 Å². The maximum atomic E-state index is 3.12. The van der Waals surface area contributed by atoms with Gasteiger partial charge in [0.1, 0.15) is 0 Å². The largest absolute Gasteiger partial charge is 0.378 e. The van der Waals surface area contributed by atoms with Crippen molar-refractivity contribution in [2.75, 3.05) is 32.6 Å². The standard InChI is InChI=1S/C13H20N2/c1-14-11-5-4-6-12-7-9-13(10-8-12)15(2)3/h4,6-10,14H,5,11H2,1-3H3. The molecule has 82 valence electrons. The van der Waals surface area contributed by atoms with Crippen molar-refractivity contribution >= 4 is 11.8 Å². The molecule has 2 heteroatoms. The molecule has 0 fully saturated rings. The molecule has 15 heavy (non-hydrogen) atoms. The van der Waals surface area contributed by atoms with E-state index in [1.54, 1.807) is 0 Å². The summed E-state index contributed by atoms with van der Waals surface area (Å²) in [5, 5.41) is 3.12. The lowest BCUT2D eigenvalue weighted by Crippen LogP contribution is -2.07. The van der Waals surface area contributed by atoms with Gasteiger partial charge in [0, 0.05) is 19.8 Å². The predicted octanol–water partition coefficient (Wildman–Crippen LogP) is 2.38. The van der Waals surface area contributed by atoms with Gasteiger partial charge < -0.3 is 10.2 Å². The first-order valence-corrected chi connectivity index (χ1v) is 5.32. The van der Waals surface area contributed by atoms with Crippen LogP contribution in [0.1, 0.15) is 12.0 Å². The molecule has 0 atom stereocenters. The molecule has 0 bridgehead atoms. The zero-order valence-corrected chi connectivity index (χ0v) is 9.83. The Bertz CT molecular complexity index is 299. The van der Waals surface area contributed by atoms with Crippen molar-refractivity contribution in [1.29, 1.82) is 0 Å². The summed E-state index contributed by atoms with van der Waals surface area (Å²) in [7, 11) is 6.08. The third kappa shape index (κ3) is 4.17. The normalized spacial score (nSPS) is 10.9. The molecule has 0 heterocycles. The van der Waals surface area contributed by atoms with Crippen LogP contribution >= 0.6 is 0 Å². The van der Waals surface area contributed by atoms with Crippen LogP contribution in [-0.4, -0.2) is 27.7 Å². The summed E-state index contributed by atoms with van der Waals surface area (Å²) in [4.78, 5) is 2.11. The Labute approximate surface area is 92.6 Å². The van der Waals surface area contributed by atoms with Crippen molar-refractivity contribution in [3.63, 3.8) is 0 Å². The van der Waals surface area contributed by atoms with Gasteiger partial charge in [0.2, 0.25) is 0 Å². The second-order valence-corrected chi connectivity index (χ2v) is 3.78. The lowest BCUT2D eigenvalue weighted by atomic mass is 10.2. The monoisotopic (exact) mass is 204 g/mol. The number of nitrogens with one attached hydrogen (secondary N) is 1. The SMILES string of the molecule is CNCCC=Cc1ccc(N(C)C)cc1. The van der Waals surface area contributed by atoms with Crippen LogP contribution in [0, 0.1) is 0 Å². The topological polar surface area (TPSA) is 15.3 Å². The molecule has 0 amide bonds. The third-order valence-corrected chi connectivity index (χ3v) is 2.28. The zero-order valence-electron chi connectivity index (χ0n) is 9.83. The van der Waals surface area contributed by atoms with Crippen LogP contribution in [0.3, 0.4) is 0 Å². The summed E-state index contributed by atoms with van der Waals surface area (Å²) >= 11 is 0. The molecular formula is C13H20N2. The molecule has 0 aliphatic heterocycles. The van der Waals surface area contributed by atoms with Gasteiger partial charge in [0.25, 0.3) is 0 Å². The quantitative estimate of drug-likeness (QED) is 0.741. The van der Waals surface area contributed by atoms with E-state index in [1.165, 1.54) is 11.3 Å². The first-order valence-electron chi connectivity index (χ1n) is 5.32. The van der Waals surface area contributed by atoms with Crippen LogP contribution in [0.25, 0.3) is 6.08 Å². The van der Waals surface area contributed by atoms with Crippen molar-refractivity contribution in [2.24, 2.45) is 0 Å². The number of anilines is 1. The number of hydrogen-bond acceptors (Lipinski definition) is 2. The average Bonchev–Trinajstić information content (AvgIpc) is 2.25. The van der Waals surface area contributed by atoms with E-state index in [9.17, 15) is 0 Å². The van der Waals surface area contributed by atoms with Gasteiger partial charge in [-0.05, 0) is 37.7 Å². The summed E-state index contributed by atoms with van der Waals surface area (Å²) in [5.74, 6) is 0. The number of hydrogen-bond donors (Lipinski definition) is 1. The molecule has 1 rings (SSSR count). The van der Waals surface area contributed by atoms with Crippen LogP contribution < -0.4 is 10.2 Å². The molecule has 2 nitrogen and oxygen atoms in total. The lowest BCUT2D eigenvalue weighted by Gasteiger charge is -2.11. The van der Waals surface area contributed by atoms with E-state index in [-0.39, 0.29) is 0 Å². The Kier molecular flexibility index (Phi) is 4.91. The van der Waals surface area contributed by atoms with E-state index in [0.29, 0.717) is 0 Å². The van der Waals surface area contributed by atoms with E-state index in [1.807, 2.05) is 7.05 Å². The van der Waals surface area contributed by atoms with E-state index >= 15 is 0 Å². The van der Waals surface area contributed by atoms with Gasteiger partial charge >= 0.3 is 0 Å². The first kappa shape index (κ1) is 11.8. The minimum absolute atomic E-state index is 1.03. The molecule has 0 radical (unpaired) electrons. The maximum Gasteiger partial charge on any atom is 0.0361 e. The van der Waals surface area contributed by atoms with E-state index in [0.717, 1.165) is 13.0 Å². The molecule has 0 saturated heterocycles. The predicted molar refractivity (Wildman–Crippen MR) is 68.3 cm³/mol. The minimum Gasteiger partial charge on any atom is -0.378 e. The fourth-order valence-electron chi connectivity index (χ4n) is 1.33. The summed E-state index contributed by atoms with van der Waals surface area (Å²) in [6, 6.07) is 8.56. The Morgan fingerprint density at radius 2 is 1.87 bits per heavy atom. The summed E-state index contributed by atoms with van der Waals surface area (Å²) < 4.78 is 0. The molecule has 0 aliphatic rings. The second-order valence-electron chi connectivity index (χ2n) is 3.78. The van der Waals surface area contributed by atoms with Gasteiger partial charge in [-0.25, -0.2) is 0 Å². The summed E-state index contributed by atoms with van der Waals surface area (Å²) in [6.45, 7) is 1.03. The fraction of sp³-hybridized carbons (Fsp3) is 0.385. The Hall–Kier alpha value is -1.28. The minimum atomic E-state index is 1.03. The summed E-state index contributed by atoms with van der Waals surface area (Å²) in [6.07, 6.45) is 5.43. The highest BCUT2D eigenvalue weighted by Crippen LogP contribution is 2.13.